The topological polar surface area (TPSA) is 56.5 Å². The van der Waals surface area contributed by atoms with E-state index in [-0.39, 0.29) is 5.69 Å². The van der Waals surface area contributed by atoms with Gasteiger partial charge in [0.2, 0.25) is 0 Å². The highest BCUT2D eigenvalue weighted by Crippen LogP contribution is 2.14. The number of hydrogen-bond acceptors (Lipinski definition) is 4. The maximum atomic E-state index is 11.2. The average Bonchev–Trinajstić information content (AvgIpc) is 2.60. The monoisotopic (exact) mass is 269 g/mol. The lowest BCUT2D eigenvalue weighted by molar-refractivity contribution is 0.0593. The third-order valence-electron chi connectivity index (χ3n) is 1.96. The van der Waals surface area contributed by atoms with E-state index in [0.717, 1.165) is 10.2 Å². The van der Waals surface area contributed by atoms with E-state index < -0.39 is 5.97 Å². The number of carbonyl (C=O) groups excluding carboxylic acids is 1. The van der Waals surface area contributed by atoms with E-state index in [0.29, 0.717) is 5.65 Å². The zero-order valence-corrected chi connectivity index (χ0v) is 9.78. The van der Waals surface area contributed by atoms with Crippen molar-refractivity contribution < 1.29 is 9.53 Å². The van der Waals surface area contributed by atoms with E-state index in [9.17, 15) is 4.79 Å². The number of aryl methyl sites for hydroxylation is 1. The van der Waals surface area contributed by atoms with Crippen molar-refractivity contribution in [2.45, 2.75) is 6.92 Å². The van der Waals surface area contributed by atoms with Crippen LogP contribution in [0, 0.1) is 6.92 Å². The van der Waals surface area contributed by atoms with Crippen LogP contribution in [-0.2, 0) is 4.74 Å². The molecule has 0 saturated heterocycles. The molecule has 2 heterocycles. The van der Waals surface area contributed by atoms with Gasteiger partial charge in [-0.05, 0) is 22.9 Å². The Balaban J connectivity index is 2.61. The Kier molecular flexibility index (Phi) is 2.44. The lowest BCUT2D eigenvalue weighted by Crippen LogP contribution is -2.02. The molecule has 0 radical (unpaired) electrons. The molecule has 0 spiro atoms. The minimum Gasteiger partial charge on any atom is -0.464 e. The SMILES string of the molecule is COC(=O)c1cc2nc(Br)c(C)cn2n1. The third-order valence-corrected chi connectivity index (χ3v) is 2.77. The molecule has 6 heteroatoms. The van der Waals surface area contributed by atoms with Crippen LogP contribution >= 0.6 is 15.9 Å². The Bertz CT molecular complexity index is 496. The van der Waals surface area contributed by atoms with E-state index in [4.69, 9.17) is 0 Å². The van der Waals surface area contributed by atoms with Gasteiger partial charge in [0.1, 0.15) is 4.60 Å². The van der Waals surface area contributed by atoms with Gasteiger partial charge in [0, 0.05) is 17.8 Å². The molecule has 0 aliphatic heterocycles. The highest BCUT2D eigenvalue weighted by Gasteiger charge is 2.12. The molecule has 2 aromatic heterocycles. The Morgan fingerprint density at radius 1 is 1.60 bits per heavy atom. The quantitative estimate of drug-likeness (QED) is 0.583. The highest BCUT2D eigenvalue weighted by molar-refractivity contribution is 9.10. The van der Waals surface area contributed by atoms with E-state index in [1.165, 1.54) is 7.11 Å². The van der Waals surface area contributed by atoms with E-state index in [1.54, 1.807) is 16.8 Å². The molecular weight excluding hydrogens is 262 g/mol. The van der Waals surface area contributed by atoms with Crippen LogP contribution in [0.4, 0.5) is 0 Å². The molecule has 0 aliphatic carbocycles. The summed E-state index contributed by atoms with van der Waals surface area (Å²) in [5, 5.41) is 4.04. The Morgan fingerprint density at radius 2 is 2.33 bits per heavy atom. The summed E-state index contributed by atoms with van der Waals surface area (Å²) in [7, 11) is 1.32. The second-order valence-electron chi connectivity index (χ2n) is 3.04. The number of nitrogens with zero attached hydrogens (tertiary/aromatic N) is 3. The summed E-state index contributed by atoms with van der Waals surface area (Å²) in [6.07, 6.45) is 1.79. The van der Waals surface area contributed by atoms with Crippen molar-refractivity contribution in [1.82, 2.24) is 14.6 Å². The van der Waals surface area contributed by atoms with Gasteiger partial charge in [-0.3, -0.25) is 0 Å². The zero-order valence-electron chi connectivity index (χ0n) is 8.19. The fourth-order valence-corrected chi connectivity index (χ4v) is 1.48. The number of halogens is 1. The number of methoxy groups -OCH3 is 1. The maximum Gasteiger partial charge on any atom is 0.358 e. The predicted molar refractivity (Wildman–Crippen MR) is 56.8 cm³/mol. The summed E-state index contributed by atoms with van der Waals surface area (Å²) < 4.78 is 6.86. The molecule has 0 bridgehead atoms. The number of esters is 1. The molecule has 78 valence electrons. The van der Waals surface area contributed by atoms with Crippen LogP contribution < -0.4 is 0 Å². The summed E-state index contributed by atoms with van der Waals surface area (Å²) in [6.45, 7) is 1.90. The van der Waals surface area contributed by atoms with Crippen molar-refractivity contribution in [3.05, 3.63) is 28.1 Å². The highest BCUT2D eigenvalue weighted by atomic mass is 79.9. The summed E-state index contributed by atoms with van der Waals surface area (Å²) in [5.41, 5.74) is 1.80. The molecule has 0 unspecified atom stereocenters. The van der Waals surface area contributed by atoms with Crippen LogP contribution in [0.25, 0.3) is 5.65 Å². The van der Waals surface area contributed by atoms with Gasteiger partial charge in [-0.25, -0.2) is 14.3 Å². The van der Waals surface area contributed by atoms with Crippen molar-refractivity contribution in [1.29, 1.82) is 0 Å². The minimum atomic E-state index is -0.464. The molecule has 0 saturated carbocycles. The number of carbonyl (C=O) groups is 1. The van der Waals surface area contributed by atoms with Crippen molar-refractivity contribution >= 4 is 27.5 Å². The molecule has 15 heavy (non-hydrogen) atoms. The first-order chi connectivity index (χ1) is 7.11. The zero-order chi connectivity index (χ0) is 11.0. The molecule has 0 N–H and O–H groups in total. The van der Waals surface area contributed by atoms with Gasteiger partial charge in [-0.2, -0.15) is 5.10 Å². The normalized spacial score (nSPS) is 10.6. The van der Waals surface area contributed by atoms with Crippen LogP contribution in [0.3, 0.4) is 0 Å². The average molecular weight is 270 g/mol. The molecule has 2 aromatic rings. The first kappa shape index (κ1) is 10.1. The van der Waals surface area contributed by atoms with Gasteiger partial charge in [0.25, 0.3) is 0 Å². The van der Waals surface area contributed by atoms with Crippen molar-refractivity contribution in [2.75, 3.05) is 7.11 Å². The van der Waals surface area contributed by atoms with Gasteiger partial charge in [0.15, 0.2) is 11.3 Å². The number of ether oxygens (including phenoxy) is 1. The lowest BCUT2D eigenvalue weighted by atomic mass is 10.4. The molecule has 0 aliphatic rings. The molecule has 0 atom stereocenters. The Hall–Kier alpha value is -1.43. The molecule has 2 rings (SSSR count). The number of fused-ring (bicyclic) bond motifs is 1. The van der Waals surface area contributed by atoms with Crippen molar-refractivity contribution in [3.63, 3.8) is 0 Å². The molecule has 5 nitrogen and oxygen atoms in total. The van der Waals surface area contributed by atoms with Crippen LogP contribution in [0.5, 0.6) is 0 Å². The number of rotatable bonds is 1. The first-order valence-corrected chi connectivity index (χ1v) is 5.02. The molecule has 0 amide bonds. The van der Waals surface area contributed by atoms with E-state index >= 15 is 0 Å². The van der Waals surface area contributed by atoms with Crippen molar-refractivity contribution in [3.8, 4) is 0 Å². The largest absolute Gasteiger partial charge is 0.464 e. The number of hydrogen-bond donors (Lipinski definition) is 0. The minimum absolute atomic E-state index is 0.252. The van der Waals surface area contributed by atoms with E-state index in [2.05, 4.69) is 30.7 Å². The third kappa shape index (κ3) is 1.72. The summed E-state index contributed by atoms with van der Waals surface area (Å²) in [6, 6.07) is 1.58. The predicted octanol–water partition coefficient (Wildman–Crippen LogP) is 1.59. The standard InChI is InChI=1S/C9H8BrN3O2/c1-5-4-13-7(11-8(5)10)3-6(12-13)9(14)15-2/h3-4H,1-2H3. The fourth-order valence-electron chi connectivity index (χ4n) is 1.19. The van der Waals surface area contributed by atoms with Crippen LogP contribution in [-0.4, -0.2) is 27.7 Å². The van der Waals surface area contributed by atoms with Gasteiger partial charge >= 0.3 is 5.97 Å². The smallest absolute Gasteiger partial charge is 0.358 e. The molecular formula is C9H8BrN3O2. The fraction of sp³-hybridized carbons (Fsp3) is 0.222. The molecule has 0 fully saturated rings. The molecule has 0 aromatic carbocycles. The van der Waals surface area contributed by atoms with Crippen molar-refractivity contribution in [2.24, 2.45) is 0 Å². The summed E-state index contributed by atoms with van der Waals surface area (Å²) in [4.78, 5) is 15.4. The van der Waals surface area contributed by atoms with Crippen LogP contribution in [0.1, 0.15) is 16.1 Å². The van der Waals surface area contributed by atoms with Crippen LogP contribution in [0.15, 0.2) is 16.9 Å². The van der Waals surface area contributed by atoms with E-state index in [1.807, 2.05) is 6.92 Å². The van der Waals surface area contributed by atoms with Gasteiger partial charge in [0.05, 0.1) is 7.11 Å². The summed E-state index contributed by atoms with van der Waals surface area (Å²) >= 11 is 3.31. The number of aromatic nitrogens is 3. The second kappa shape index (κ2) is 3.62. The van der Waals surface area contributed by atoms with Gasteiger partial charge in [-0.1, -0.05) is 0 Å². The second-order valence-corrected chi connectivity index (χ2v) is 3.79. The summed E-state index contributed by atoms with van der Waals surface area (Å²) in [5.74, 6) is -0.464. The Labute approximate surface area is 94.2 Å². The Morgan fingerprint density at radius 3 is 3.00 bits per heavy atom. The first-order valence-electron chi connectivity index (χ1n) is 4.22. The van der Waals surface area contributed by atoms with Gasteiger partial charge < -0.3 is 4.74 Å². The van der Waals surface area contributed by atoms with Crippen LogP contribution in [0.2, 0.25) is 0 Å². The maximum absolute atomic E-state index is 11.2. The van der Waals surface area contributed by atoms with Gasteiger partial charge in [-0.15, -0.1) is 0 Å². The lowest BCUT2D eigenvalue weighted by Gasteiger charge is -1.97.